The first-order chi connectivity index (χ1) is 9.54. The van der Waals surface area contributed by atoms with Crippen LogP contribution in [0.3, 0.4) is 0 Å². The Bertz CT molecular complexity index is 250. The van der Waals surface area contributed by atoms with E-state index in [2.05, 4.69) is 44.8 Å². The predicted octanol–water partition coefficient (Wildman–Crippen LogP) is 4.45. The summed E-state index contributed by atoms with van der Waals surface area (Å²) >= 11 is 0. The molecular formula is C18H38N2. The largest absolute Gasteiger partial charge is 0.312 e. The van der Waals surface area contributed by atoms with Gasteiger partial charge in [0, 0.05) is 12.1 Å². The molecule has 2 unspecified atom stereocenters. The zero-order chi connectivity index (χ0) is 15.0. The van der Waals surface area contributed by atoms with Crippen LogP contribution in [0.25, 0.3) is 0 Å². The van der Waals surface area contributed by atoms with Crippen LogP contribution in [0.4, 0.5) is 0 Å². The first-order valence-electron chi connectivity index (χ1n) is 9.01. The summed E-state index contributed by atoms with van der Waals surface area (Å²) in [5.74, 6) is 0. The molecule has 1 heterocycles. The lowest BCUT2D eigenvalue weighted by Gasteiger charge is -2.37. The number of hydrogen-bond donors (Lipinski definition) is 1. The number of rotatable bonds is 8. The Morgan fingerprint density at radius 2 is 1.80 bits per heavy atom. The van der Waals surface area contributed by atoms with Gasteiger partial charge >= 0.3 is 0 Å². The molecule has 1 fully saturated rings. The van der Waals surface area contributed by atoms with Crippen LogP contribution in [0.1, 0.15) is 79.6 Å². The summed E-state index contributed by atoms with van der Waals surface area (Å²) in [7, 11) is 0. The van der Waals surface area contributed by atoms with Crippen molar-refractivity contribution in [3.8, 4) is 0 Å². The topological polar surface area (TPSA) is 15.3 Å². The molecule has 0 amide bonds. The summed E-state index contributed by atoms with van der Waals surface area (Å²) in [5, 5.41) is 3.82. The first kappa shape index (κ1) is 18.0. The Kier molecular flexibility index (Phi) is 8.13. The normalized spacial score (nSPS) is 23.2. The second kappa shape index (κ2) is 9.04. The van der Waals surface area contributed by atoms with E-state index >= 15 is 0 Å². The molecule has 1 aliphatic heterocycles. The first-order valence-corrected chi connectivity index (χ1v) is 9.01. The standard InChI is InChI=1S/C18H38N2/c1-6-10-16(19-13-7-2)17(8-3)20-14-9-11-18(4,5)12-15-20/h16-17,19H,6-15H2,1-5H3. The van der Waals surface area contributed by atoms with E-state index in [1.165, 1.54) is 64.6 Å². The van der Waals surface area contributed by atoms with Gasteiger partial charge in [-0.05, 0) is 63.6 Å². The summed E-state index contributed by atoms with van der Waals surface area (Å²) in [6, 6.07) is 1.42. The minimum Gasteiger partial charge on any atom is -0.312 e. The molecule has 0 aliphatic carbocycles. The molecule has 0 saturated carbocycles. The van der Waals surface area contributed by atoms with E-state index in [1.54, 1.807) is 0 Å². The minimum atomic E-state index is 0.546. The molecule has 1 N–H and O–H groups in total. The van der Waals surface area contributed by atoms with Crippen molar-refractivity contribution in [3.05, 3.63) is 0 Å². The van der Waals surface area contributed by atoms with Crippen LogP contribution >= 0.6 is 0 Å². The highest BCUT2D eigenvalue weighted by molar-refractivity contribution is 4.87. The molecule has 1 rings (SSSR count). The molecule has 0 spiro atoms. The van der Waals surface area contributed by atoms with E-state index in [1.807, 2.05) is 0 Å². The molecule has 0 bridgehead atoms. The zero-order valence-corrected chi connectivity index (χ0v) is 14.7. The Morgan fingerprint density at radius 1 is 1.05 bits per heavy atom. The van der Waals surface area contributed by atoms with Gasteiger partial charge in [0.15, 0.2) is 0 Å². The fraction of sp³-hybridized carbons (Fsp3) is 1.00. The van der Waals surface area contributed by atoms with Crippen LogP contribution in [0.15, 0.2) is 0 Å². The summed E-state index contributed by atoms with van der Waals surface area (Å²) in [6.45, 7) is 15.6. The Balaban J connectivity index is 2.65. The van der Waals surface area contributed by atoms with Crippen LogP contribution in [-0.2, 0) is 0 Å². The van der Waals surface area contributed by atoms with Crippen molar-refractivity contribution in [2.24, 2.45) is 5.41 Å². The van der Waals surface area contributed by atoms with Crippen molar-refractivity contribution in [1.82, 2.24) is 10.2 Å². The highest BCUT2D eigenvalue weighted by atomic mass is 15.2. The second-order valence-electron chi connectivity index (χ2n) is 7.38. The van der Waals surface area contributed by atoms with E-state index < -0.39 is 0 Å². The molecule has 0 aromatic heterocycles. The van der Waals surface area contributed by atoms with Gasteiger partial charge in [-0.2, -0.15) is 0 Å². The molecule has 0 radical (unpaired) electrons. The van der Waals surface area contributed by atoms with Crippen molar-refractivity contribution in [3.63, 3.8) is 0 Å². The average molecular weight is 283 g/mol. The van der Waals surface area contributed by atoms with Gasteiger partial charge in [-0.3, -0.25) is 4.90 Å². The Labute approximate surface area is 127 Å². The molecule has 120 valence electrons. The Hall–Kier alpha value is -0.0800. The summed E-state index contributed by atoms with van der Waals surface area (Å²) < 4.78 is 0. The Morgan fingerprint density at radius 3 is 2.40 bits per heavy atom. The summed E-state index contributed by atoms with van der Waals surface area (Å²) in [5.41, 5.74) is 0.546. The van der Waals surface area contributed by atoms with E-state index in [-0.39, 0.29) is 0 Å². The van der Waals surface area contributed by atoms with E-state index in [0.717, 1.165) is 6.04 Å². The van der Waals surface area contributed by atoms with Gasteiger partial charge in [0.05, 0.1) is 0 Å². The average Bonchev–Trinajstić information content (AvgIpc) is 2.58. The third-order valence-electron chi connectivity index (χ3n) is 4.98. The maximum absolute atomic E-state index is 3.82. The smallest absolute Gasteiger partial charge is 0.0246 e. The lowest BCUT2D eigenvalue weighted by Crippen LogP contribution is -2.50. The fourth-order valence-corrected chi connectivity index (χ4v) is 3.64. The summed E-state index contributed by atoms with van der Waals surface area (Å²) in [4.78, 5) is 2.79. The zero-order valence-electron chi connectivity index (χ0n) is 14.7. The lowest BCUT2D eigenvalue weighted by atomic mass is 9.85. The number of nitrogens with zero attached hydrogens (tertiary/aromatic N) is 1. The van der Waals surface area contributed by atoms with Gasteiger partial charge in [-0.25, -0.2) is 0 Å². The molecule has 2 nitrogen and oxygen atoms in total. The minimum absolute atomic E-state index is 0.546. The van der Waals surface area contributed by atoms with Crippen molar-refractivity contribution in [2.45, 2.75) is 91.6 Å². The van der Waals surface area contributed by atoms with Gasteiger partial charge in [0.2, 0.25) is 0 Å². The van der Waals surface area contributed by atoms with Crippen LogP contribution in [0.2, 0.25) is 0 Å². The van der Waals surface area contributed by atoms with Gasteiger partial charge in [0.25, 0.3) is 0 Å². The predicted molar refractivity (Wildman–Crippen MR) is 90.3 cm³/mol. The van der Waals surface area contributed by atoms with Gasteiger partial charge < -0.3 is 5.32 Å². The van der Waals surface area contributed by atoms with E-state index in [4.69, 9.17) is 0 Å². The van der Waals surface area contributed by atoms with Crippen LogP contribution in [0, 0.1) is 5.41 Å². The third kappa shape index (κ3) is 5.73. The SMILES string of the molecule is CCCNC(CCC)C(CC)N1CCCC(C)(C)CC1. The van der Waals surface area contributed by atoms with Crippen LogP contribution in [-0.4, -0.2) is 36.6 Å². The number of nitrogens with one attached hydrogen (secondary N) is 1. The molecular weight excluding hydrogens is 244 g/mol. The molecule has 20 heavy (non-hydrogen) atoms. The van der Waals surface area contributed by atoms with Gasteiger partial charge in [0.1, 0.15) is 0 Å². The maximum Gasteiger partial charge on any atom is 0.0246 e. The lowest BCUT2D eigenvalue weighted by molar-refractivity contribution is 0.146. The van der Waals surface area contributed by atoms with Crippen molar-refractivity contribution >= 4 is 0 Å². The molecule has 1 aliphatic rings. The monoisotopic (exact) mass is 282 g/mol. The van der Waals surface area contributed by atoms with Crippen molar-refractivity contribution < 1.29 is 0 Å². The fourth-order valence-electron chi connectivity index (χ4n) is 3.64. The second-order valence-corrected chi connectivity index (χ2v) is 7.38. The van der Waals surface area contributed by atoms with Crippen molar-refractivity contribution in [2.75, 3.05) is 19.6 Å². The molecule has 2 atom stereocenters. The maximum atomic E-state index is 3.82. The summed E-state index contributed by atoms with van der Waals surface area (Å²) in [6.07, 6.45) is 9.24. The van der Waals surface area contributed by atoms with E-state index in [9.17, 15) is 0 Å². The van der Waals surface area contributed by atoms with Gasteiger partial charge in [-0.15, -0.1) is 0 Å². The highest BCUT2D eigenvalue weighted by Gasteiger charge is 2.29. The highest BCUT2D eigenvalue weighted by Crippen LogP contribution is 2.31. The van der Waals surface area contributed by atoms with Crippen LogP contribution < -0.4 is 5.32 Å². The molecule has 2 heteroatoms. The van der Waals surface area contributed by atoms with Crippen molar-refractivity contribution in [1.29, 1.82) is 0 Å². The quantitative estimate of drug-likeness (QED) is 0.708. The van der Waals surface area contributed by atoms with Crippen LogP contribution in [0.5, 0.6) is 0 Å². The molecule has 0 aromatic rings. The number of hydrogen-bond acceptors (Lipinski definition) is 2. The van der Waals surface area contributed by atoms with E-state index in [0.29, 0.717) is 11.5 Å². The molecule has 0 aromatic carbocycles. The van der Waals surface area contributed by atoms with Gasteiger partial charge in [-0.1, -0.05) is 41.0 Å². The third-order valence-corrected chi connectivity index (χ3v) is 4.98. The molecule has 1 saturated heterocycles. The number of likely N-dealkylation sites (tertiary alicyclic amines) is 1.